The Morgan fingerprint density at radius 1 is 1.03 bits per heavy atom. The van der Waals surface area contributed by atoms with Crippen molar-refractivity contribution < 1.29 is 9.53 Å². The monoisotopic (exact) mass is 401 g/mol. The van der Waals surface area contributed by atoms with Crippen molar-refractivity contribution in [2.24, 2.45) is 0 Å². The second kappa shape index (κ2) is 9.44. The van der Waals surface area contributed by atoms with Gasteiger partial charge in [0.1, 0.15) is 18.2 Å². The predicted octanol–water partition coefficient (Wildman–Crippen LogP) is 4.73. The molecule has 1 aromatic heterocycles. The Morgan fingerprint density at radius 2 is 1.83 bits per heavy atom. The first-order chi connectivity index (χ1) is 14.8. The first-order valence-electron chi connectivity index (χ1n) is 10.6. The fraction of sp³-hybridized carbons (Fsp3) is 0.280. The van der Waals surface area contributed by atoms with E-state index in [2.05, 4.69) is 34.1 Å². The maximum atomic E-state index is 11.5. The van der Waals surface area contributed by atoms with Gasteiger partial charge >= 0.3 is 0 Å². The third kappa shape index (κ3) is 4.46. The quantitative estimate of drug-likeness (QED) is 0.413. The number of fused-ring (bicyclic) bond motifs is 2. The second-order valence-electron chi connectivity index (χ2n) is 7.30. The number of hydrogen-bond acceptors (Lipinski definition) is 3. The molecule has 154 valence electrons. The van der Waals surface area contributed by atoms with Crippen LogP contribution in [0.1, 0.15) is 25.6 Å². The van der Waals surface area contributed by atoms with Crippen LogP contribution in [0, 0.1) is 0 Å². The summed E-state index contributed by atoms with van der Waals surface area (Å²) in [6.45, 7) is 3.82. The number of carbonyl (C=O) groups is 1. The summed E-state index contributed by atoms with van der Waals surface area (Å²) in [5.41, 5.74) is 2.11. The number of aromatic nitrogens is 2. The molecule has 1 heterocycles. The van der Waals surface area contributed by atoms with E-state index >= 15 is 0 Å². The SMILES string of the molecule is CCC(=O)NCCCc1nc2ccccc2n1CCOc1cccc2ccccc12. The van der Waals surface area contributed by atoms with Crippen molar-refractivity contribution in [2.45, 2.75) is 32.7 Å². The van der Waals surface area contributed by atoms with Gasteiger partial charge in [-0.1, -0.05) is 55.5 Å². The second-order valence-corrected chi connectivity index (χ2v) is 7.30. The number of ether oxygens (including phenoxy) is 1. The zero-order valence-corrected chi connectivity index (χ0v) is 17.3. The van der Waals surface area contributed by atoms with E-state index in [0.717, 1.165) is 47.4 Å². The Balaban J connectivity index is 1.46. The molecular formula is C25H27N3O2. The third-order valence-corrected chi connectivity index (χ3v) is 5.28. The number of imidazole rings is 1. The van der Waals surface area contributed by atoms with Crippen molar-refractivity contribution in [1.82, 2.24) is 14.9 Å². The first kappa shape index (κ1) is 20.0. The standard InChI is InChI=1S/C25H27N3O2/c1-2-25(29)26-16-8-15-24-27-21-12-5-6-13-22(21)28(24)17-18-30-23-14-7-10-19-9-3-4-11-20(19)23/h3-7,9-14H,2,8,15-18H2,1H3,(H,26,29). The number of amides is 1. The molecule has 1 N–H and O–H groups in total. The molecule has 0 unspecified atom stereocenters. The van der Waals surface area contributed by atoms with E-state index in [1.165, 1.54) is 5.39 Å². The topological polar surface area (TPSA) is 56.2 Å². The molecule has 0 spiro atoms. The Morgan fingerprint density at radius 3 is 2.73 bits per heavy atom. The minimum absolute atomic E-state index is 0.0898. The molecule has 3 aromatic carbocycles. The average Bonchev–Trinajstić information content (AvgIpc) is 3.14. The molecule has 0 aliphatic heterocycles. The summed E-state index contributed by atoms with van der Waals surface area (Å²) in [6.07, 6.45) is 2.19. The van der Waals surface area contributed by atoms with Crippen LogP contribution >= 0.6 is 0 Å². The van der Waals surface area contributed by atoms with Crippen molar-refractivity contribution >= 4 is 27.7 Å². The van der Waals surface area contributed by atoms with Gasteiger partial charge in [0.2, 0.25) is 5.91 Å². The van der Waals surface area contributed by atoms with Crippen LogP contribution in [0.3, 0.4) is 0 Å². The Bertz CT molecular complexity index is 1140. The lowest BCUT2D eigenvalue weighted by molar-refractivity contribution is -0.120. The first-order valence-corrected chi connectivity index (χ1v) is 10.6. The van der Waals surface area contributed by atoms with Crippen LogP contribution < -0.4 is 10.1 Å². The highest BCUT2D eigenvalue weighted by Crippen LogP contribution is 2.25. The molecule has 0 fully saturated rings. The maximum absolute atomic E-state index is 11.5. The summed E-state index contributed by atoms with van der Waals surface area (Å²) in [6, 6.07) is 22.6. The number of rotatable bonds is 9. The highest BCUT2D eigenvalue weighted by Gasteiger charge is 2.11. The molecular weight excluding hydrogens is 374 g/mol. The van der Waals surface area contributed by atoms with Gasteiger partial charge in [-0.2, -0.15) is 0 Å². The molecule has 5 nitrogen and oxygen atoms in total. The van der Waals surface area contributed by atoms with Crippen LogP contribution in [0.5, 0.6) is 5.75 Å². The van der Waals surface area contributed by atoms with Crippen LogP contribution in [0.15, 0.2) is 66.7 Å². The van der Waals surface area contributed by atoms with E-state index in [9.17, 15) is 4.79 Å². The van der Waals surface area contributed by atoms with E-state index in [1.807, 2.05) is 49.4 Å². The molecule has 1 amide bonds. The van der Waals surface area contributed by atoms with Crippen LogP contribution in [0.2, 0.25) is 0 Å². The minimum atomic E-state index is 0.0898. The van der Waals surface area contributed by atoms with Crippen LogP contribution in [-0.4, -0.2) is 28.6 Å². The molecule has 0 saturated heterocycles. The van der Waals surface area contributed by atoms with E-state index in [-0.39, 0.29) is 5.91 Å². The summed E-state index contributed by atoms with van der Waals surface area (Å²) >= 11 is 0. The summed E-state index contributed by atoms with van der Waals surface area (Å²) in [7, 11) is 0. The van der Waals surface area contributed by atoms with Gasteiger partial charge in [-0.25, -0.2) is 4.98 Å². The average molecular weight is 402 g/mol. The zero-order chi connectivity index (χ0) is 20.8. The number of nitrogens with one attached hydrogen (secondary N) is 1. The molecule has 0 radical (unpaired) electrons. The Hall–Kier alpha value is -3.34. The van der Waals surface area contributed by atoms with E-state index in [1.54, 1.807) is 0 Å². The predicted molar refractivity (Wildman–Crippen MR) is 121 cm³/mol. The number of hydrogen-bond donors (Lipinski definition) is 1. The van der Waals surface area contributed by atoms with E-state index in [0.29, 0.717) is 19.6 Å². The number of para-hydroxylation sites is 2. The van der Waals surface area contributed by atoms with E-state index < -0.39 is 0 Å². The van der Waals surface area contributed by atoms with Gasteiger partial charge in [-0.3, -0.25) is 4.79 Å². The van der Waals surface area contributed by atoms with Gasteiger partial charge in [-0.15, -0.1) is 0 Å². The molecule has 0 atom stereocenters. The van der Waals surface area contributed by atoms with Gasteiger partial charge in [0.15, 0.2) is 0 Å². The van der Waals surface area contributed by atoms with Crippen molar-refractivity contribution in [3.05, 3.63) is 72.6 Å². The molecule has 0 saturated carbocycles. The van der Waals surface area contributed by atoms with E-state index in [4.69, 9.17) is 9.72 Å². The lowest BCUT2D eigenvalue weighted by Crippen LogP contribution is -2.23. The highest BCUT2D eigenvalue weighted by atomic mass is 16.5. The van der Waals surface area contributed by atoms with Crippen molar-refractivity contribution in [2.75, 3.05) is 13.2 Å². The summed E-state index contributed by atoms with van der Waals surface area (Å²) in [5.74, 6) is 2.02. The largest absolute Gasteiger partial charge is 0.491 e. The van der Waals surface area contributed by atoms with Crippen molar-refractivity contribution in [3.63, 3.8) is 0 Å². The van der Waals surface area contributed by atoms with Crippen molar-refractivity contribution in [3.8, 4) is 5.75 Å². The summed E-state index contributed by atoms with van der Waals surface area (Å²) in [4.78, 5) is 16.3. The van der Waals surface area contributed by atoms with Gasteiger partial charge in [0, 0.05) is 24.8 Å². The molecule has 0 aliphatic rings. The molecule has 0 aliphatic carbocycles. The maximum Gasteiger partial charge on any atom is 0.219 e. The number of nitrogens with zero attached hydrogens (tertiary/aromatic N) is 2. The molecule has 4 rings (SSSR count). The summed E-state index contributed by atoms with van der Waals surface area (Å²) in [5, 5.41) is 5.24. The molecule has 30 heavy (non-hydrogen) atoms. The normalized spacial score (nSPS) is 11.1. The number of carbonyl (C=O) groups excluding carboxylic acids is 1. The molecule has 0 bridgehead atoms. The summed E-state index contributed by atoms with van der Waals surface area (Å²) < 4.78 is 8.40. The van der Waals surface area contributed by atoms with Crippen molar-refractivity contribution in [1.29, 1.82) is 0 Å². The lowest BCUT2D eigenvalue weighted by atomic mass is 10.1. The fourth-order valence-electron chi connectivity index (χ4n) is 3.73. The zero-order valence-electron chi connectivity index (χ0n) is 17.3. The van der Waals surface area contributed by atoms with Gasteiger partial charge in [-0.05, 0) is 30.0 Å². The Kier molecular flexibility index (Phi) is 6.28. The minimum Gasteiger partial charge on any atom is -0.491 e. The Labute approximate surface area is 176 Å². The van der Waals surface area contributed by atoms with Gasteiger partial charge < -0.3 is 14.6 Å². The molecule has 5 heteroatoms. The lowest BCUT2D eigenvalue weighted by Gasteiger charge is -2.12. The fourth-order valence-corrected chi connectivity index (χ4v) is 3.73. The smallest absolute Gasteiger partial charge is 0.219 e. The highest BCUT2D eigenvalue weighted by molar-refractivity contribution is 5.88. The van der Waals surface area contributed by atoms with Crippen LogP contribution in [0.25, 0.3) is 21.8 Å². The molecule has 4 aromatic rings. The number of benzene rings is 3. The van der Waals surface area contributed by atoms with Gasteiger partial charge in [0.25, 0.3) is 0 Å². The van der Waals surface area contributed by atoms with Gasteiger partial charge in [0.05, 0.1) is 17.6 Å². The third-order valence-electron chi connectivity index (χ3n) is 5.28. The van der Waals surface area contributed by atoms with Crippen LogP contribution in [-0.2, 0) is 17.8 Å². The number of aryl methyl sites for hydroxylation is 1. The van der Waals surface area contributed by atoms with Crippen LogP contribution in [0.4, 0.5) is 0 Å².